The van der Waals surface area contributed by atoms with Crippen molar-refractivity contribution in [3.05, 3.63) is 0 Å². The largest absolute Gasteiger partial charge is 0.396 e. The van der Waals surface area contributed by atoms with Gasteiger partial charge >= 0.3 is 0 Å². The minimum atomic E-state index is 0.163. The summed E-state index contributed by atoms with van der Waals surface area (Å²) in [5.41, 5.74) is 0.163. The lowest BCUT2D eigenvalue weighted by atomic mass is 10.2. The Morgan fingerprint density at radius 1 is 1.70 bits per heavy atom. The van der Waals surface area contributed by atoms with Gasteiger partial charge in [0.2, 0.25) is 0 Å². The summed E-state index contributed by atoms with van der Waals surface area (Å²) in [5.74, 6) is 0. The molecule has 1 N–H and O–H groups in total. The van der Waals surface area contributed by atoms with Gasteiger partial charge in [-0.25, -0.2) is 0 Å². The minimum Gasteiger partial charge on any atom is -0.396 e. The summed E-state index contributed by atoms with van der Waals surface area (Å²) in [5, 5.41) is 14.4. The summed E-state index contributed by atoms with van der Waals surface area (Å²) >= 11 is 0. The highest BCUT2D eigenvalue weighted by Gasteiger charge is 2.45. The lowest BCUT2D eigenvalue weighted by molar-refractivity contribution is 0.174. The third-order valence-corrected chi connectivity index (χ3v) is 2.30. The van der Waals surface area contributed by atoms with Crippen LogP contribution in [-0.2, 0) is 0 Å². The second-order valence-electron chi connectivity index (χ2n) is 2.86. The van der Waals surface area contributed by atoms with Gasteiger partial charge in [0.15, 0.2) is 0 Å². The summed E-state index contributed by atoms with van der Waals surface area (Å²) < 4.78 is 0. The van der Waals surface area contributed by atoms with Gasteiger partial charge in [-0.1, -0.05) is 0 Å². The Morgan fingerprint density at radius 3 is 2.60 bits per heavy atom. The third-order valence-electron chi connectivity index (χ3n) is 2.30. The number of nitrogens with zero attached hydrogens (tertiary/aromatic N) is 2. The zero-order chi connectivity index (χ0) is 7.61. The molecule has 1 saturated carbocycles. The fourth-order valence-corrected chi connectivity index (χ4v) is 1.24. The molecule has 0 saturated heterocycles. The first-order valence-electron chi connectivity index (χ1n) is 3.56. The van der Waals surface area contributed by atoms with Crippen LogP contribution in [0.4, 0.5) is 0 Å². The van der Waals surface area contributed by atoms with E-state index in [4.69, 9.17) is 5.11 Å². The highest BCUT2D eigenvalue weighted by molar-refractivity contribution is 5.23. The van der Waals surface area contributed by atoms with E-state index in [9.17, 15) is 0 Å². The highest BCUT2D eigenvalue weighted by Crippen LogP contribution is 2.43. The first-order chi connectivity index (χ1) is 4.75. The summed E-state index contributed by atoms with van der Waals surface area (Å²) in [6.45, 7) is 3.69. The van der Waals surface area contributed by atoms with Crippen molar-refractivity contribution in [3.8, 4) is 0 Å². The number of hydrogen-bond acceptors (Lipinski definition) is 3. The third kappa shape index (κ3) is 1.14. The SMILES string of the molecule is C=NN(C)C1(CCO)CC1. The molecular weight excluding hydrogens is 128 g/mol. The molecule has 0 amide bonds. The van der Waals surface area contributed by atoms with Crippen LogP contribution in [0.2, 0.25) is 0 Å². The molecule has 0 aromatic rings. The van der Waals surface area contributed by atoms with Crippen molar-refractivity contribution < 1.29 is 5.11 Å². The first-order valence-corrected chi connectivity index (χ1v) is 3.56. The van der Waals surface area contributed by atoms with Crippen LogP contribution in [0.1, 0.15) is 19.3 Å². The summed E-state index contributed by atoms with van der Waals surface area (Å²) in [4.78, 5) is 0. The fraction of sp³-hybridized carbons (Fsp3) is 0.857. The molecule has 0 heterocycles. The van der Waals surface area contributed by atoms with E-state index in [1.807, 2.05) is 12.1 Å². The van der Waals surface area contributed by atoms with E-state index in [2.05, 4.69) is 11.8 Å². The maximum Gasteiger partial charge on any atom is 0.0599 e. The minimum absolute atomic E-state index is 0.163. The Bertz CT molecular complexity index is 132. The van der Waals surface area contributed by atoms with E-state index >= 15 is 0 Å². The van der Waals surface area contributed by atoms with Crippen molar-refractivity contribution in [2.24, 2.45) is 5.10 Å². The number of aliphatic hydroxyl groups excluding tert-OH is 1. The Morgan fingerprint density at radius 2 is 2.30 bits per heavy atom. The van der Waals surface area contributed by atoms with Crippen LogP contribution in [0.25, 0.3) is 0 Å². The molecule has 1 aliphatic carbocycles. The Hall–Kier alpha value is -0.570. The van der Waals surface area contributed by atoms with E-state index in [0.717, 1.165) is 19.3 Å². The van der Waals surface area contributed by atoms with Gasteiger partial charge in [-0.3, -0.25) is 5.01 Å². The topological polar surface area (TPSA) is 35.8 Å². The molecule has 0 unspecified atom stereocenters. The van der Waals surface area contributed by atoms with E-state index in [-0.39, 0.29) is 12.1 Å². The smallest absolute Gasteiger partial charge is 0.0599 e. The molecule has 0 bridgehead atoms. The van der Waals surface area contributed by atoms with Crippen molar-refractivity contribution in [2.75, 3.05) is 13.7 Å². The van der Waals surface area contributed by atoms with Gasteiger partial charge in [0.25, 0.3) is 0 Å². The quantitative estimate of drug-likeness (QED) is 0.457. The lowest BCUT2D eigenvalue weighted by Crippen LogP contribution is -2.29. The highest BCUT2D eigenvalue weighted by atomic mass is 16.3. The second kappa shape index (κ2) is 2.58. The van der Waals surface area contributed by atoms with Crippen LogP contribution in [0.5, 0.6) is 0 Å². The number of aliphatic hydroxyl groups is 1. The lowest BCUT2D eigenvalue weighted by Gasteiger charge is -2.23. The van der Waals surface area contributed by atoms with Crippen molar-refractivity contribution in [1.82, 2.24) is 5.01 Å². The summed E-state index contributed by atoms with van der Waals surface area (Å²) in [7, 11) is 1.91. The zero-order valence-electron chi connectivity index (χ0n) is 6.38. The predicted molar refractivity (Wildman–Crippen MR) is 41.0 cm³/mol. The zero-order valence-corrected chi connectivity index (χ0v) is 6.38. The van der Waals surface area contributed by atoms with Gasteiger partial charge < -0.3 is 5.11 Å². The van der Waals surface area contributed by atoms with Gasteiger partial charge in [0, 0.05) is 20.4 Å². The predicted octanol–water partition coefficient (Wildman–Crippen LogP) is 0.449. The summed E-state index contributed by atoms with van der Waals surface area (Å²) in [6.07, 6.45) is 3.11. The van der Waals surface area contributed by atoms with Crippen LogP contribution in [0.3, 0.4) is 0 Å². The molecular formula is C7H14N2O. The molecule has 0 aromatic carbocycles. The van der Waals surface area contributed by atoms with Gasteiger partial charge in [-0.2, -0.15) is 5.10 Å². The molecule has 0 atom stereocenters. The van der Waals surface area contributed by atoms with Crippen LogP contribution >= 0.6 is 0 Å². The van der Waals surface area contributed by atoms with Crippen molar-refractivity contribution in [2.45, 2.75) is 24.8 Å². The normalized spacial score (nSPS) is 20.2. The second-order valence-corrected chi connectivity index (χ2v) is 2.86. The number of hydrogen-bond donors (Lipinski definition) is 1. The molecule has 58 valence electrons. The molecule has 3 heteroatoms. The van der Waals surface area contributed by atoms with Gasteiger partial charge in [0.1, 0.15) is 0 Å². The average Bonchev–Trinajstić information content (AvgIpc) is 2.69. The van der Waals surface area contributed by atoms with Crippen LogP contribution < -0.4 is 0 Å². The van der Waals surface area contributed by atoms with E-state index in [0.29, 0.717) is 0 Å². The fourth-order valence-electron chi connectivity index (χ4n) is 1.24. The maximum atomic E-state index is 8.70. The molecule has 1 aliphatic rings. The van der Waals surface area contributed by atoms with Crippen LogP contribution in [0.15, 0.2) is 5.10 Å². The van der Waals surface area contributed by atoms with Crippen molar-refractivity contribution in [1.29, 1.82) is 0 Å². The molecule has 0 aliphatic heterocycles. The van der Waals surface area contributed by atoms with Gasteiger partial charge in [-0.05, 0) is 19.3 Å². The molecule has 0 aromatic heterocycles. The Balaban J connectivity index is 2.42. The maximum absolute atomic E-state index is 8.70. The first kappa shape index (κ1) is 7.54. The van der Waals surface area contributed by atoms with Crippen LogP contribution in [-0.4, -0.2) is 36.0 Å². The molecule has 10 heavy (non-hydrogen) atoms. The molecule has 1 fully saturated rings. The molecule has 1 rings (SSSR count). The van der Waals surface area contributed by atoms with Gasteiger partial charge in [0.05, 0.1) is 5.54 Å². The van der Waals surface area contributed by atoms with E-state index in [1.54, 1.807) is 0 Å². The average molecular weight is 142 g/mol. The van der Waals surface area contributed by atoms with E-state index in [1.165, 1.54) is 0 Å². The number of hydrazone groups is 1. The Labute approximate surface area is 61.3 Å². The van der Waals surface area contributed by atoms with Crippen molar-refractivity contribution >= 4 is 6.72 Å². The molecule has 0 spiro atoms. The van der Waals surface area contributed by atoms with E-state index < -0.39 is 0 Å². The Kier molecular flexibility index (Phi) is 1.94. The van der Waals surface area contributed by atoms with Crippen molar-refractivity contribution in [3.63, 3.8) is 0 Å². The number of rotatable bonds is 4. The molecule has 3 nitrogen and oxygen atoms in total. The summed E-state index contributed by atoms with van der Waals surface area (Å²) in [6, 6.07) is 0. The molecule has 0 radical (unpaired) electrons. The van der Waals surface area contributed by atoms with Gasteiger partial charge in [-0.15, -0.1) is 0 Å². The standard InChI is InChI=1S/C7H14N2O/c1-8-9(2)7(3-4-7)5-6-10/h10H,1,3-6H2,2H3. The van der Waals surface area contributed by atoms with Crippen LogP contribution in [0, 0.1) is 0 Å². The monoisotopic (exact) mass is 142 g/mol.